The molecule has 3 aromatic heterocycles. The fourth-order valence-electron chi connectivity index (χ4n) is 3.19. The summed E-state index contributed by atoms with van der Waals surface area (Å²) in [4.78, 5) is 16.3. The molecule has 0 aliphatic heterocycles. The number of esters is 1. The molecule has 31 heavy (non-hydrogen) atoms. The summed E-state index contributed by atoms with van der Waals surface area (Å²) in [5.74, 6) is -0.298. The summed E-state index contributed by atoms with van der Waals surface area (Å²) in [6.07, 6.45) is -0.118. The van der Waals surface area contributed by atoms with E-state index >= 15 is 0 Å². The molecule has 9 nitrogen and oxygen atoms in total. The Hall–Kier alpha value is -3.92. The molecular formula is C20H13ClFN7O2. The molecule has 2 aromatic carbocycles. The number of ether oxygens (including phenoxy) is 1. The Kier molecular flexibility index (Phi) is 4.55. The monoisotopic (exact) mass is 437 g/mol. The highest BCUT2D eigenvalue weighted by atomic mass is 35.5. The standard InChI is InChI=1S/C20H13ClFN7O2/c1-31-16(30)10-15-17-19(28(26-15)12-8-6-11(22)7-9-12)29-20(25-24-17)23-18(27-29)13-4-2-3-5-14(13)21/h2-9H,10H2,1H3. The first-order valence-corrected chi connectivity index (χ1v) is 9.51. The minimum absolute atomic E-state index is 0.118. The van der Waals surface area contributed by atoms with Gasteiger partial charge in [-0.1, -0.05) is 23.7 Å². The molecule has 0 fully saturated rings. The van der Waals surface area contributed by atoms with Gasteiger partial charge < -0.3 is 4.74 Å². The van der Waals surface area contributed by atoms with Crippen molar-refractivity contribution in [1.82, 2.24) is 34.6 Å². The van der Waals surface area contributed by atoms with Gasteiger partial charge in [0.2, 0.25) is 0 Å². The minimum atomic E-state index is -0.483. The van der Waals surface area contributed by atoms with E-state index in [0.717, 1.165) is 0 Å². The van der Waals surface area contributed by atoms with Crippen LogP contribution in [0, 0.1) is 5.82 Å². The summed E-state index contributed by atoms with van der Waals surface area (Å²) in [5, 5.41) is 17.9. The second kappa shape index (κ2) is 7.40. The molecule has 154 valence electrons. The largest absolute Gasteiger partial charge is 0.469 e. The molecule has 0 bridgehead atoms. The molecule has 0 amide bonds. The zero-order valence-electron chi connectivity index (χ0n) is 16.0. The molecule has 0 atom stereocenters. The molecule has 0 spiro atoms. The molecule has 0 saturated heterocycles. The van der Waals surface area contributed by atoms with Gasteiger partial charge in [-0.05, 0) is 36.4 Å². The van der Waals surface area contributed by atoms with E-state index in [2.05, 4.69) is 25.4 Å². The van der Waals surface area contributed by atoms with Crippen molar-refractivity contribution in [2.45, 2.75) is 6.42 Å². The average molecular weight is 438 g/mol. The van der Waals surface area contributed by atoms with E-state index in [9.17, 15) is 9.18 Å². The van der Waals surface area contributed by atoms with Crippen molar-refractivity contribution < 1.29 is 13.9 Å². The number of fused-ring (bicyclic) bond motifs is 3. The number of methoxy groups -OCH3 is 1. The number of hydrogen-bond donors (Lipinski definition) is 0. The van der Waals surface area contributed by atoms with Gasteiger partial charge >= 0.3 is 5.97 Å². The lowest BCUT2D eigenvalue weighted by molar-refractivity contribution is -0.139. The molecule has 5 rings (SSSR count). The fourth-order valence-corrected chi connectivity index (χ4v) is 3.41. The number of carbonyl (C=O) groups is 1. The van der Waals surface area contributed by atoms with E-state index in [1.54, 1.807) is 24.3 Å². The third-order valence-corrected chi connectivity index (χ3v) is 4.99. The summed E-state index contributed by atoms with van der Waals surface area (Å²) in [6, 6.07) is 12.9. The highest BCUT2D eigenvalue weighted by Gasteiger charge is 2.22. The van der Waals surface area contributed by atoms with Crippen LogP contribution >= 0.6 is 11.6 Å². The normalized spacial score (nSPS) is 11.3. The van der Waals surface area contributed by atoms with Crippen molar-refractivity contribution in [2.75, 3.05) is 7.11 Å². The topological polar surface area (TPSA) is 100 Å². The van der Waals surface area contributed by atoms with Gasteiger partial charge in [0, 0.05) is 5.56 Å². The third kappa shape index (κ3) is 3.26. The van der Waals surface area contributed by atoms with Crippen LogP contribution in [0.1, 0.15) is 5.69 Å². The quantitative estimate of drug-likeness (QED) is 0.398. The Bertz CT molecular complexity index is 1450. The highest BCUT2D eigenvalue weighted by Crippen LogP contribution is 2.27. The molecule has 0 saturated carbocycles. The summed E-state index contributed by atoms with van der Waals surface area (Å²) in [5.41, 5.74) is 2.28. The van der Waals surface area contributed by atoms with E-state index in [4.69, 9.17) is 16.3 Å². The number of nitrogens with zero attached hydrogens (tertiary/aromatic N) is 7. The zero-order valence-corrected chi connectivity index (χ0v) is 16.8. The number of benzene rings is 2. The lowest BCUT2D eigenvalue weighted by Crippen LogP contribution is -2.06. The van der Waals surface area contributed by atoms with Gasteiger partial charge in [-0.3, -0.25) is 4.79 Å². The van der Waals surface area contributed by atoms with Crippen LogP contribution in [-0.4, -0.2) is 47.7 Å². The summed E-state index contributed by atoms with van der Waals surface area (Å²) < 4.78 is 21.2. The zero-order chi connectivity index (χ0) is 21.5. The molecule has 11 heteroatoms. The smallest absolute Gasteiger partial charge is 0.311 e. The Morgan fingerprint density at radius 2 is 1.87 bits per heavy atom. The Morgan fingerprint density at radius 1 is 1.10 bits per heavy atom. The Balaban J connectivity index is 1.79. The maximum atomic E-state index is 13.5. The Morgan fingerprint density at radius 3 is 2.61 bits per heavy atom. The predicted molar refractivity (Wildman–Crippen MR) is 109 cm³/mol. The molecule has 0 unspecified atom stereocenters. The number of carbonyl (C=O) groups excluding carboxylic acids is 1. The van der Waals surface area contributed by atoms with Gasteiger partial charge in [0.25, 0.3) is 5.78 Å². The number of hydrogen-bond acceptors (Lipinski definition) is 7. The summed E-state index contributed by atoms with van der Waals surface area (Å²) in [7, 11) is 1.29. The van der Waals surface area contributed by atoms with E-state index in [-0.39, 0.29) is 18.0 Å². The second-order valence-electron chi connectivity index (χ2n) is 6.59. The van der Waals surface area contributed by atoms with Gasteiger partial charge in [0.1, 0.15) is 11.5 Å². The third-order valence-electron chi connectivity index (χ3n) is 4.66. The fraction of sp³-hybridized carbons (Fsp3) is 0.100. The van der Waals surface area contributed by atoms with Gasteiger partial charge in [0.15, 0.2) is 17.0 Å². The van der Waals surface area contributed by atoms with E-state index in [1.807, 2.05) is 12.1 Å². The van der Waals surface area contributed by atoms with Gasteiger partial charge in [0.05, 0.1) is 24.2 Å². The van der Waals surface area contributed by atoms with Crippen molar-refractivity contribution >= 4 is 34.5 Å². The lowest BCUT2D eigenvalue weighted by atomic mass is 10.2. The van der Waals surface area contributed by atoms with E-state index in [1.165, 1.54) is 28.4 Å². The van der Waals surface area contributed by atoms with Crippen molar-refractivity contribution in [3.8, 4) is 17.1 Å². The summed E-state index contributed by atoms with van der Waals surface area (Å²) >= 11 is 6.29. The molecule has 0 aliphatic carbocycles. The molecule has 5 aromatic rings. The average Bonchev–Trinajstić information content (AvgIpc) is 3.36. The van der Waals surface area contributed by atoms with Gasteiger partial charge in [-0.15, -0.1) is 15.3 Å². The van der Waals surface area contributed by atoms with Crippen LogP contribution in [0.4, 0.5) is 4.39 Å². The van der Waals surface area contributed by atoms with Crippen molar-refractivity contribution in [3.63, 3.8) is 0 Å². The van der Waals surface area contributed by atoms with Crippen LogP contribution in [0.5, 0.6) is 0 Å². The van der Waals surface area contributed by atoms with Gasteiger partial charge in [-0.25, -0.2) is 9.07 Å². The molecule has 0 radical (unpaired) electrons. The van der Waals surface area contributed by atoms with Crippen LogP contribution in [0.3, 0.4) is 0 Å². The predicted octanol–water partition coefficient (Wildman–Crippen LogP) is 3.03. The first-order valence-electron chi connectivity index (χ1n) is 9.14. The summed E-state index contributed by atoms with van der Waals surface area (Å²) in [6.45, 7) is 0. The molecule has 0 N–H and O–H groups in total. The highest BCUT2D eigenvalue weighted by molar-refractivity contribution is 6.33. The van der Waals surface area contributed by atoms with Crippen molar-refractivity contribution in [2.24, 2.45) is 0 Å². The molecular weight excluding hydrogens is 425 g/mol. The van der Waals surface area contributed by atoms with Crippen LogP contribution in [-0.2, 0) is 16.0 Å². The SMILES string of the molecule is COC(=O)Cc1nn(-c2ccc(F)cc2)c2c1nnc1nc(-c3ccccc3Cl)nn12. The van der Waals surface area contributed by atoms with E-state index < -0.39 is 5.97 Å². The van der Waals surface area contributed by atoms with Crippen molar-refractivity contribution in [1.29, 1.82) is 0 Å². The van der Waals surface area contributed by atoms with Crippen molar-refractivity contribution in [3.05, 3.63) is 65.1 Å². The second-order valence-corrected chi connectivity index (χ2v) is 6.99. The number of halogens is 2. The minimum Gasteiger partial charge on any atom is -0.469 e. The molecule has 0 aliphatic rings. The maximum Gasteiger partial charge on any atom is 0.311 e. The first kappa shape index (κ1) is 19.1. The Labute approximate surface area is 179 Å². The lowest BCUT2D eigenvalue weighted by Gasteiger charge is -2.03. The van der Waals surface area contributed by atoms with Crippen LogP contribution in [0.25, 0.3) is 34.0 Å². The van der Waals surface area contributed by atoms with Gasteiger partial charge in [-0.2, -0.15) is 14.6 Å². The van der Waals surface area contributed by atoms with Crippen LogP contribution in [0.15, 0.2) is 48.5 Å². The number of aromatic nitrogens is 7. The van der Waals surface area contributed by atoms with E-state index in [0.29, 0.717) is 39.0 Å². The maximum absolute atomic E-state index is 13.5. The first-order chi connectivity index (χ1) is 15.0. The number of rotatable bonds is 4. The van der Waals surface area contributed by atoms with Crippen LogP contribution < -0.4 is 0 Å². The van der Waals surface area contributed by atoms with Crippen LogP contribution in [0.2, 0.25) is 5.02 Å². The molecule has 3 heterocycles.